The van der Waals surface area contributed by atoms with E-state index in [1.165, 1.54) is 12.8 Å². The van der Waals surface area contributed by atoms with Gasteiger partial charge in [-0.15, -0.1) is 0 Å². The van der Waals surface area contributed by atoms with Gasteiger partial charge in [-0.05, 0) is 37.6 Å². The largest absolute Gasteiger partial charge is 0.385 e. The second kappa shape index (κ2) is 11.5. The molecule has 8 nitrogen and oxygen atoms in total. The molecule has 2 aliphatic rings. The number of ether oxygens (including phenoxy) is 2. The van der Waals surface area contributed by atoms with E-state index in [1.807, 2.05) is 0 Å². The van der Waals surface area contributed by atoms with E-state index in [2.05, 4.69) is 20.5 Å². The highest BCUT2D eigenvalue weighted by Gasteiger charge is 2.41. The Morgan fingerprint density at radius 2 is 2.00 bits per heavy atom. The van der Waals surface area contributed by atoms with Crippen molar-refractivity contribution in [1.29, 1.82) is 0 Å². The Kier molecular flexibility index (Phi) is 9.30. The minimum Gasteiger partial charge on any atom is -0.385 e. The Labute approximate surface area is 163 Å². The first-order valence-electron chi connectivity index (χ1n) is 10.1. The molecule has 2 fully saturated rings. The Bertz CT molecular complexity index is 474. The first-order valence-corrected chi connectivity index (χ1v) is 10.1. The molecule has 8 heteroatoms. The minimum atomic E-state index is 0.00457. The number of methoxy groups -OCH3 is 1. The van der Waals surface area contributed by atoms with Crippen LogP contribution in [0.25, 0.3) is 0 Å². The monoisotopic (exact) mass is 383 g/mol. The highest BCUT2D eigenvalue weighted by Crippen LogP contribution is 2.48. The number of carbonyl (C=O) groups excluding carboxylic acids is 1. The number of hydrogen-bond donors (Lipinski definition) is 2. The molecule has 156 valence electrons. The van der Waals surface area contributed by atoms with E-state index >= 15 is 0 Å². The Morgan fingerprint density at radius 3 is 2.63 bits per heavy atom. The summed E-state index contributed by atoms with van der Waals surface area (Å²) in [6, 6.07) is 0. The SMILES string of the molecule is COCCC1(CNC(=NCC(=O)N(C)C)NCCCN2CCOCC2)CC1. The van der Waals surface area contributed by atoms with E-state index in [4.69, 9.17) is 9.47 Å². The lowest BCUT2D eigenvalue weighted by Crippen LogP contribution is -2.43. The van der Waals surface area contributed by atoms with E-state index in [0.717, 1.165) is 71.3 Å². The van der Waals surface area contributed by atoms with Crippen molar-refractivity contribution in [1.82, 2.24) is 20.4 Å². The summed E-state index contributed by atoms with van der Waals surface area (Å²) < 4.78 is 10.6. The third-order valence-corrected chi connectivity index (χ3v) is 5.34. The van der Waals surface area contributed by atoms with Crippen LogP contribution in [0.15, 0.2) is 4.99 Å². The fourth-order valence-corrected chi connectivity index (χ4v) is 3.08. The summed E-state index contributed by atoms with van der Waals surface area (Å²) in [4.78, 5) is 20.3. The van der Waals surface area contributed by atoms with Crippen molar-refractivity contribution in [3.63, 3.8) is 0 Å². The normalized spacial score (nSPS) is 19.6. The molecule has 0 unspecified atom stereocenters. The number of hydrogen-bond acceptors (Lipinski definition) is 5. The van der Waals surface area contributed by atoms with Crippen LogP contribution in [0.2, 0.25) is 0 Å². The van der Waals surface area contributed by atoms with Crippen molar-refractivity contribution in [3.8, 4) is 0 Å². The lowest BCUT2D eigenvalue weighted by Gasteiger charge is -2.26. The van der Waals surface area contributed by atoms with Crippen LogP contribution in [-0.2, 0) is 14.3 Å². The van der Waals surface area contributed by atoms with Gasteiger partial charge in [-0.2, -0.15) is 0 Å². The van der Waals surface area contributed by atoms with Crippen LogP contribution in [0.3, 0.4) is 0 Å². The molecule has 1 aliphatic carbocycles. The standard InChI is InChI=1S/C19H37N5O3/c1-23(2)17(25)15-21-18(22-16-19(5-6-19)7-12-26-3)20-8-4-9-24-10-13-27-14-11-24/h4-16H2,1-3H3,(H2,20,21,22). The van der Waals surface area contributed by atoms with Gasteiger partial charge in [-0.3, -0.25) is 9.69 Å². The first-order chi connectivity index (χ1) is 13.0. The fraction of sp³-hybridized carbons (Fsp3) is 0.895. The zero-order chi connectivity index (χ0) is 19.5. The van der Waals surface area contributed by atoms with Gasteiger partial charge < -0.3 is 25.0 Å². The summed E-state index contributed by atoms with van der Waals surface area (Å²) in [7, 11) is 5.26. The summed E-state index contributed by atoms with van der Waals surface area (Å²) in [6.07, 6.45) is 4.56. The van der Waals surface area contributed by atoms with Gasteiger partial charge in [0.25, 0.3) is 0 Å². The molecule has 1 saturated carbocycles. The molecule has 1 amide bonds. The fourth-order valence-electron chi connectivity index (χ4n) is 3.08. The van der Waals surface area contributed by atoms with Crippen molar-refractivity contribution in [2.75, 3.05) is 80.3 Å². The Morgan fingerprint density at radius 1 is 1.26 bits per heavy atom. The summed E-state index contributed by atoms with van der Waals surface area (Å²) in [5.41, 5.74) is 0.331. The van der Waals surface area contributed by atoms with Crippen LogP contribution in [0.1, 0.15) is 25.7 Å². The molecular formula is C19H37N5O3. The summed E-state index contributed by atoms with van der Waals surface area (Å²) in [5.74, 6) is 0.737. The summed E-state index contributed by atoms with van der Waals surface area (Å²) in [6.45, 7) is 7.41. The van der Waals surface area contributed by atoms with E-state index in [-0.39, 0.29) is 12.5 Å². The molecule has 1 heterocycles. The highest BCUT2D eigenvalue weighted by molar-refractivity contribution is 5.84. The van der Waals surface area contributed by atoms with Crippen LogP contribution >= 0.6 is 0 Å². The third-order valence-electron chi connectivity index (χ3n) is 5.34. The smallest absolute Gasteiger partial charge is 0.243 e. The van der Waals surface area contributed by atoms with Crippen molar-refractivity contribution < 1.29 is 14.3 Å². The number of amides is 1. The average Bonchev–Trinajstić information content (AvgIpc) is 3.45. The van der Waals surface area contributed by atoms with Crippen molar-refractivity contribution in [3.05, 3.63) is 0 Å². The number of likely N-dealkylation sites (N-methyl/N-ethyl adjacent to an activating group) is 1. The molecule has 1 saturated heterocycles. The molecule has 0 aromatic heterocycles. The number of rotatable bonds is 11. The van der Waals surface area contributed by atoms with Crippen LogP contribution in [0.5, 0.6) is 0 Å². The minimum absolute atomic E-state index is 0.00457. The van der Waals surface area contributed by atoms with Gasteiger partial charge in [0.2, 0.25) is 5.91 Å². The number of aliphatic imine (C=N–C) groups is 1. The maximum Gasteiger partial charge on any atom is 0.243 e. The molecule has 0 aromatic rings. The molecule has 0 aromatic carbocycles. The molecule has 2 rings (SSSR count). The predicted molar refractivity (Wildman–Crippen MR) is 107 cm³/mol. The molecule has 0 radical (unpaired) electrons. The van der Waals surface area contributed by atoms with Gasteiger partial charge in [0, 0.05) is 54.0 Å². The second-order valence-corrected chi connectivity index (χ2v) is 7.78. The van der Waals surface area contributed by atoms with Crippen LogP contribution in [0.4, 0.5) is 0 Å². The Hall–Kier alpha value is -1.38. The zero-order valence-corrected chi connectivity index (χ0v) is 17.3. The van der Waals surface area contributed by atoms with Crippen molar-refractivity contribution in [2.45, 2.75) is 25.7 Å². The molecule has 0 atom stereocenters. The topological polar surface area (TPSA) is 78.4 Å². The number of nitrogens with one attached hydrogen (secondary N) is 2. The van der Waals surface area contributed by atoms with Crippen molar-refractivity contribution in [2.24, 2.45) is 10.4 Å². The van der Waals surface area contributed by atoms with Gasteiger partial charge in [0.15, 0.2) is 5.96 Å². The van der Waals surface area contributed by atoms with Gasteiger partial charge in [-0.1, -0.05) is 0 Å². The molecule has 2 N–H and O–H groups in total. The second-order valence-electron chi connectivity index (χ2n) is 7.78. The first kappa shape index (κ1) is 21.9. The lowest BCUT2D eigenvalue weighted by molar-refractivity contribution is -0.127. The maximum atomic E-state index is 11.9. The zero-order valence-electron chi connectivity index (χ0n) is 17.3. The number of carbonyl (C=O) groups is 1. The van der Waals surface area contributed by atoms with E-state index in [1.54, 1.807) is 26.1 Å². The molecule has 0 spiro atoms. The van der Waals surface area contributed by atoms with Gasteiger partial charge in [0.1, 0.15) is 6.54 Å². The molecule has 27 heavy (non-hydrogen) atoms. The number of guanidine groups is 1. The van der Waals surface area contributed by atoms with Gasteiger partial charge >= 0.3 is 0 Å². The van der Waals surface area contributed by atoms with Crippen molar-refractivity contribution >= 4 is 11.9 Å². The predicted octanol–water partition coefficient (Wildman–Crippen LogP) is 0.149. The molecule has 1 aliphatic heterocycles. The lowest BCUT2D eigenvalue weighted by atomic mass is 10.0. The van der Waals surface area contributed by atoms with E-state index in [0.29, 0.717) is 5.41 Å². The quantitative estimate of drug-likeness (QED) is 0.300. The Balaban J connectivity index is 1.76. The maximum absolute atomic E-state index is 11.9. The summed E-state index contributed by atoms with van der Waals surface area (Å²) >= 11 is 0. The average molecular weight is 384 g/mol. The van der Waals surface area contributed by atoms with E-state index < -0.39 is 0 Å². The molecule has 0 bridgehead atoms. The summed E-state index contributed by atoms with van der Waals surface area (Å²) in [5, 5.41) is 6.83. The van der Waals surface area contributed by atoms with Crippen LogP contribution < -0.4 is 10.6 Å². The van der Waals surface area contributed by atoms with Gasteiger partial charge in [-0.25, -0.2) is 4.99 Å². The number of morpholine rings is 1. The third kappa shape index (κ3) is 8.45. The van der Waals surface area contributed by atoms with Crippen LogP contribution in [-0.4, -0.2) is 102 Å². The molecular weight excluding hydrogens is 346 g/mol. The number of nitrogens with zero attached hydrogens (tertiary/aromatic N) is 3. The van der Waals surface area contributed by atoms with Crippen LogP contribution in [0, 0.1) is 5.41 Å². The van der Waals surface area contributed by atoms with Gasteiger partial charge in [0.05, 0.1) is 13.2 Å². The van der Waals surface area contributed by atoms with E-state index in [9.17, 15) is 4.79 Å². The highest BCUT2D eigenvalue weighted by atomic mass is 16.5.